The zero-order valence-electron chi connectivity index (χ0n) is 11.9. The molecule has 1 aromatic carbocycles. The Morgan fingerprint density at radius 2 is 1.79 bits per heavy atom. The summed E-state index contributed by atoms with van der Waals surface area (Å²) >= 11 is 0. The van der Waals surface area contributed by atoms with Crippen LogP contribution in [-0.4, -0.2) is 0 Å². The molecule has 1 fully saturated rings. The van der Waals surface area contributed by atoms with Crippen molar-refractivity contribution < 1.29 is 4.39 Å². The maximum Gasteiger partial charge on any atom is 0.0827 e. The topological polar surface area (TPSA) is 0 Å². The van der Waals surface area contributed by atoms with Crippen LogP contribution in [0, 0.1) is 5.92 Å². The Labute approximate surface area is 116 Å². The minimum absolute atomic E-state index is 0.681. The molecule has 1 aromatic rings. The third-order valence-electron chi connectivity index (χ3n) is 4.54. The molecule has 1 aliphatic rings. The van der Waals surface area contributed by atoms with Gasteiger partial charge < -0.3 is 0 Å². The van der Waals surface area contributed by atoms with Crippen LogP contribution < -0.4 is 0 Å². The van der Waals surface area contributed by atoms with E-state index in [9.17, 15) is 4.39 Å². The molecule has 0 atom stereocenters. The third-order valence-corrected chi connectivity index (χ3v) is 4.54. The van der Waals surface area contributed by atoms with E-state index in [4.69, 9.17) is 0 Å². The van der Waals surface area contributed by atoms with Crippen molar-refractivity contribution >= 4 is 0 Å². The van der Waals surface area contributed by atoms with Gasteiger partial charge in [-0.1, -0.05) is 37.3 Å². The van der Waals surface area contributed by atoms with Gasteiger partial charge in [-0.3, -0.25) is 0 Å². The summed E-state index contributed by atoms with van der Waals surface area (Å²) in [6.45, 7) is 2.20. The van der Waals surface area contributed by atoms with Crippen LogP contribution in [0.4, 0.5) is 4.39 Å². The van der Waals surface area contributed by atoms with Crippen LogP contribution >= 0.6 is 0 Å². The van der Waals surface area contributed by atoms with Crippen molar-refractivity contribution in [3.8, 4) is 0 Å². The fraction of sp³-hybridized carbons (Fsp3) is 0.556. The van der Waals surface area contributed by atoms with Crippen LogP contribution in [0.3, 0.4) is 0 Å². The lowest BCUT2D eigenvalue weighted by Crippen LogP contribution is -2.13. The van der Waals surface area contributed by atoms with Gasteiger partial charge in [-0.2, -0.15) is 0 Å². The SMILES string of the molecule is CCc1ccc(C2CCC(CCC=CF)CC2)cc1. The van der Waals surface area contributed by atoms with E-state index in [1.54, 1.807) is 6.08 Å². The lowest BCUT2D eigenvalue weighted by atomic mass is 9.77. The van der Waals surface area contributed by atoms with Gasteiger partial charge in [-0.15, -0.1) is 0 Å². The Bertz CT molecular complexity index is 383. The van der Waals surface area contributed by atoms with Gasteiger partial charge in [-0.25, -0.2) is 4.39 Å². The zero-order chi connectivity index (χ0) is 13.5. The maximum atomic E-state index is 11.9. The largest absolute Gasteiger partial charge is 0.216 e. The first kappa shape index (κ1) is 14.3. The number of halogens is 1. The summed E-state index contributed by atoms with van der Waals surface area (Å²) in [6.07, 6.45) is 10.7. The number of hydrogen-bond acceptors (Lipinski definition) is 0. The average Bonchev–Trinajstić information content (AvgIpc) is 2.48. The van der Waals surface area contributed by atoms with Gasteiger partial charge in [0.05, 0.1) is 6.33 Å². The zero-order valence-corrected chi connectivity index (χ0v) is 11.9. The molecule has 1 aliphatic carbocycles. The number of rotatable bonds is 5. The molecule has 1 heteroatoms. The van der Waals surface area contributed by atoms with E-state index in [0.29, 0.717) is 6.33 Å². The molecule has 0 saturated heterocycles. The second-order valence-electron chi connectivity index (χ2n) is 5.75. The van der Waals surface area contributed by atoms with Crippen molar-refractivity contribution in [2.75, 3.05) is 0 Å². The van der Waals surface area contributed by atoms with E-state index in [2.05, 4.69) is 31.2 Å². The number of hydrogen-bond donors (Lipinski definition) is 0. The first-order valence-electron chi connectivity index (χ1n) is 7.67. The normalized spacial score (nSPS) is 23.9. The van der Waals surface area contributed by atoms with E-state index in [1.165, 1.54) is 36.8 Å². The summed E-state index contributed by atoms with van der Waals surface area (Å²) in [6, 6.07) is 9.17. The average molecular weight is 260 g/mol. The lowest BCUT2D eigenvalue weighted by Gasteiger charge is -2.28. The third kappa shape index (κ3) is 4.19. The van der Waals surface area contributed by atoms with E-state index in [-0.39, 0.29) is 0 Å². The summed E-state index contributed by atoms with van der Waals surface area (Å²) in [5.41, 5.74) is 2.94. The molecule has 0 nitrogen and oxygen atoms in total. The van der Waals surface area contributed by atoms with Gasteiger partial charge in [0, 0.05) is 0 Å². The molecule has 1 saturated carbocycles. The van der Waals surface area contributed by atoms with Crippen molar-refractivity contribution in [1.82, 2.24) is 0 Å². The molecule has 0 amide bonds. The minimum Gasteiger partial charge on any atom is -0.216 e. The van der Waals surface area contributed by atoms with E-state index in [1.807, 2.05) is 0 Å². The standard InChI is InChI=1S/C18H25F/c1-2-15-6-10-17(11-7-15)18-12-8-16(9-13-18)5-3-4-14-19/h4,6-7,10-11,14,16,18H,2-3,5,8-9,12-13H2,1H3. The molecular weight excluding hydrogens is 235 g/mol. The predicted octanol–water partition coefficient (Wildman–Crippen LogP) is 5.79. The summed E-state index contributed by atoms with van der Waals surface area (Å²) in [5, 5.41) is 0. The predicted molar refractivity (Wildman–Crippen MR) is 80.0 cm³/mol. The van der Waals surface area contributed by atoms with Crippen LogP contribution in [0.5, 0.6) is 0 Å². The number of benzene rings is 1. The van der Waals surface area contributed by atoms with Gasteiger partial charge in [0.1, 0.15) is 0 Å². The number of aryl methyl sites for hydroxylation is 1. The van der Waals surface area contributed by atoms with Crippen LogP contribution in [0.1, 0.15) is 62.5 Å². The molecule has 19 heavy (non-hydrogen) atoms. The number of allylic oxidation sites excluding steroid dienone is 1. The fourth-order valence-corrected chi connectivity index (χ4v) is 3.20. The Hall–Kier alpha value is -1.11. The molecule has 0 heterocycles. The van der Waals surface area contributed by atoms with E-state index < -0.39 is 0 Å². The van der Waals surface area contributed by atoms with Crippen LogP contribution in [0.2, 0.25) is 0 Å². The first-order chi connectivity index (χ1) is 9.33. The van der Waals surface area contributed by atoms with Crippen LogP contribution in [0.25, 0.3) is 0 Å². The monoisotopic (exact) mass is 260 g/mol. The van der Waals surface area contributed by atoms with Gasteiger partial charge in [0.15, 0.2) is 0 Å². The Balaban J connectivity index is 1.81. The fourth-order valence-electron chi connectivity index (χ4n) is 3.20. The Morgan fingerprint density at radius 3 is 2.37 bits per heavy atom. The summed E-state index contributed by atoms with van der Waals surface area (Å²) < 4.78 is 11.9. The molecule has 104 valence electrons. The highest BCUT2D eigenvalue weighted by Crippen LogP contribution is 2.37. The van der Waals surface area contributed by atoms with Crippen molar-refractivity contribution in [2.24, 2.45) is 5.92 Å². The second kappa shape index (κ2) is 7.47. The summed E-state index contributed by atoms with van der Waals surface area (Å²) in [5.74, 6) is 1.56. The second-order valence-corrected chi connectivity index (χ2v) is 5.75. The van der Waals surface area contributed by atoms with Gasteiger partial charge in [0.25, 0.3) is 0 Å². The van der Waals surface area contributed by atoms with E-state index >= 15 is 0 Å². The highest BCUT2D eigenvalue weighted by Gasteiger charge is 2.21. The molecule has 2 rings (SSSR count). The maximum absolute atomic E-state index is 11.9. The molecular formula is C18H25F. The molecule has 0 aromatic heterocycles. The smallest absolute Gasteiger partial charge is 0.0827 e. The molecule has 0 bridgehead atoms. The van der Waals surface area contributed by atoms with Gasteiger partial charge >= 0.3 is 0 Å². The first-order valence-corrected chi connectivity index (χ1v) is 7.67. The van der Waals surface area contributed by atoms with Crippen molar-refractivity contribution in [2.45, 2.75) is 57.8 Å². The van der Waals surface area contributed by atoms with Crippen molar-refractivity contribution in [3.63, 3.8) is 0 Å². The van der Waals surface area contributed by atoms with Crippen molar-refractivity contribution in [1.29, 1.82) is 0 Å². The van der Waals surface area contributed by atoms with Crippen LogP contribution in [0.15, 0.2) is 36.7 Å². The van der Waals surface area contributed by atoms with Gasteiger partial charge in [-0.05, 0) is 67.9 Å². The van der Waals surface area contributed by atoms with Crippen molar-refractivity contribution in [3.05, 3.63) is 47.8 Å². The molecule has 0 unspecified atom stereocenters. The molecule has 0 N–H and O–H groups in total. The Morgan fingerprint density at radius 1 is 1.11 bits per heavy atom. The van der Waals surface area contributed by atoms with E-state index in [0.717, 1.165) is 31.1 Å². The highest BCUT2D eigenvalue weighted by atomic mass is 19.1. The highest BCUT2D eigenvalue weighted by molar-refractivity contribution is 5.25. The lowest BCUT2D eigenvalue weighted by molar-refractivity contribution is 0.311. The molecule has 0 spiro atoms. The molecule has 0 aliphatic heterocycles. The van der Waals surface area contributed by atoms with Gasteiger partial charge in [0.2, 0.25) is 0 Å². The quantitative estimate of drug-likeness (QED) is 0.629. The minimum atomic E-state index is 0.681. The summed E-state index contributed by atoms with van der Waals surface area (Å²) in [4.78, 5) is 0. The molecule has 0 radical (unpaired) electrons. The van der Waals surface area contributed by atoms with Crippen LogP contribution in [-0.2, 0) is 6.42 Å². The summed E-state index contributed by atoms with van der Waals surface area (Å²) in [7, 11) is 0. The Kier molecular flexibility index (Phi) is 5.62.